The highest BCUT2D eigenvalue weighted by molar-refractivity contribution is 6.82. The highest BCUT2D eigenvalue weighted by Crippen LogP contribution is 2.22. The lowest BCUT2D eigenvalue weighted by atomic mass is 10.1. The van der Waals surface area contributed by atoms with Gasteiger partial charge in [0.1, 0.15) is 0 Å². The van der Waals surface area contributed by atoms with Crippen LogP contribution in [0.2, 0.25) is 19.6 Å². The van der Waals surface area contributed by atoms with Crippen LogP contribution in [-0.2, 0) is 4.79 Å². The lowest BCUT2D eigenvalue weighted by Crippen LogP contribution is -2.30. The first kappa shape index (κ1) is 14.1. The van der Waals surface area contributed by atoms with Crippen molar-refractivity contribution in [3.63, 3.8) is 0 Å². The quantitative estimate of drug-likeness (QED) is 0.609. The molecule has 0 bridgehead atoms. The van der Waals surface area contributed by atoms with Crippen molar-refractivity contribution in [3.8, 4) is 0 Å². The number of nitrogens with zero attached hydrogens (tertiary/aromatic N) is 1. The summed E-state index contributed by atoms with van der Waals surface area (Å²) in [5, 5.41) is 0. The van der Waals surface area contributed by atoms with E-state index in [4.69, 9.17) is 0 Å². The summed E-state index contributed by atoms with van der Waals surface area (Å²) in [5.41, 5.74) is 4.20. The fraction of sp³-hybridized carbons (Fsp3) is 0.438. The van der Waals surface area contributed by atoms with E-state index < -0.39 is 8.07 Å². The minimum atomic E-state index is -1.43. The van der Waals surface area contributed by atoms with E-state index in [1.807, 2.05) is 35.2 Å². The normalized spacial score (nSPS) is 16.8. The molecule has 0 unspecified atom stereocenters. The van der Waals surface area contributed by atoms with E-state index in [1.54, 1.807) is 0 Å². The molecule has 0 atom stereocenters. The summed E-state index contributed by atoms with van der Waals surface area (Å²) >= 11 is 0. The first-order valence-electron chi connectivity index (χ1n) is 7.05. The summed E-state index contributed by atoms with van der Waals surface area (Å²) in [7, 11) is -1.43. The number of hydrogen-bond acceptors (Lipinski definition) is 1. The Balaban J connectivity index is 2.35. The van der Waals surface area contributed by atoms with Gasteiger partial charge < -0.3 is 4.90 Å². The van der Waals surface area contributed by atoms with Crippen LogP contribution < -0.4 is 0 Å². The molecule has 0 aromatic heterocycles. The lowest BCUT2D eigenvalue weighted by Gasteiger charge is -2.20. The van der Waals surface area contributed by atoms with Gasteiger partial charge in [0.2, 0.25) is 0 Å². The van der Waals surface area contributed by atoms with Crippen molar-refractivity contribution >= 4 is 19.6 Å². The van der Waals surface area contributed by atoms with Gasteiger partial charge >= 0.3 is 0 Å². The van der Waals surface area contributed by atoms with Crippen molar-refractivity contribution in [1.82, 2.24) is 4.90 Å². The molecule has 1 aromatic rings. The summed E-state index contributed by atoms with van der Waals surface area (Å²) in [5.74, 6) is 0.214. The number of benzene rings is 1. The van der Waals surface area contributed by atoms with Gasteiger partial charge in [-0.25, -0.2) is 0 Å². The first-order valence-corrected chi connectivity index (χ1v) is 10.6. The lowest BCUT2D eigenvalue weighted by molar-refractivity contribution is -0.124. The average molecular weight is 273 g/mol. The monoisotopic (exact) mass is 273 g/mol. The van der Waals surface area contributed by atoms with Crippen molar-refractivity contribution in [1.29, 1.82) is 0 Å². The van der Waals surface area contributed by atoms with Crippen molar-refractivity contribution in [2.75, 3.05) is 13.1 Å². The molecule has 0 aliphatic carbocycles. The predicted molar refractivity (Wildman–Crippen MR) is 83.6 cm³/mol. The fourth-order valence-corrected chi connectivity index (χ4v) is 3.57. The molecule has 102 valence electrons. The molecule has 0 radical (unpaired) electrons. The molecule has 1 aliphatic rings. The molecule has 1 fully saturated rings. The summed E-state index contributed by atoms with van der Waals surface area (Å²) in [6.07, 6.45) is 2.28. The van der Waals surface area contributed by atoms with Crippen LogP contribution >= 0.6 is 0 Å². The van der Waals surface area contributed by atoms with Gasteiger partial charge in [-0.05, 0) is 18.4 Å². The Morgan fingerprint density at radius 2 is 1.68 bits per heavy atom. The van der Waals surface area contributed by atoms with E-state index in [-0.39, 0.29) is 5.91 Å². The van der Waals surface area contributed by atoms with E-state index in [0.717, 1.165) is 37.1 Å². The highest BCUT2D eigenvalue weighted by Gasteiger charge is 2.24. The smallest absolute Gasteiger partial charge is 0.253 e. The number of amides is 1. The summed E-state index contributed by atoms with van der Waals surface area (Å²) < 4.78 is 0. The molecule has 1 aromatic carbocycles. The van der Waals surface area contributed by atoms with Crippen molar-refractivity contribution < 1.29 is 4.79 Å². The topological polar surface area (TPSA) is 20.3 Å². The molecule has 0 saturated carbocycles. The maximum Gasteiger partial charge on any atom is 0.253 e. The van der Waals surface area contributed by atoms with Crippen molar-refractivity contribution in [2.24, 2.45) is 0 Å². The SMILES string of the molecule is C[Si](C)(C)/C=C(\C(=O)N1CCCC1)c1ccccc1. The molecule has 3 heteroatoms. The van der Waals surface area contributed by atoms with Gasteiger partial charge in [0, 0.05) is 18.7 Å². The zero-order valence-electron chi connectivity index (χ0n) is 12.1. The molecular weight excluding hydrogens is 250 g/mol. The van der Waals surface area contributed by atoms with Crippen LogP contribution in [0.1, 0.15) is 18.4 Å². The predicted octanol–water partition coefficient (Wildman–Crippen LogP) is 3.57. The highest BCUT2D eigenvalue weighted by atomic mass is 28.3. The minimum absolute atomic E-state index is 0.214. The first-order chi connectivity index (χ1) is 8.97. The Labute approximate surface area is 117 Å². The third-order valence-electron chi connectivity index (χ3n) is 3.29. The van der Waals surface area contributed by atoms with Gasteiger partial charge in [-0.15, -0.1) is 0 Å². The van der Waals surface area contributed by atoms with E-state index in [9.17, 15) is 4.79 Å². The second-order valence-corrected chi connectivity index (χ2v) is 11.3. The van der Waals surface area contributed by atoms with E-state index >= 15 is 0 Å². The van der Waals surface area contributed by atoms with Crippen LogP contribution in [0.3, 0.4) is 0 Å². The second kappa shape index (κ2) is 5.74. The summed E-state index contributed by atoms with van der Waals surface area (Å²) in [6, 6.07) is 10.1. The standard InChI is InChI=1S/C16H23NOSi/c1-19(2,3)13-15(14-9-5-4-6-10-14)16(18)17-11-7-8-12-17/h4-6,9-10,13H,7-8,11-12H2,1-3H3/b15-13-. The van der Waals surface area contributed by atoms with Crippen LogP contribution in [0.25, 0.3) is 5.57 Å². The molecule has 0 N–H and O–H groups in total. The van der Waals surface area contributed by atoms with Crippen LogP contribution in [-0.4, -0.2) is 32.0 Å². The van der Waals surface area contributed by atoms with Gasteiger partial charge in [0.05, 0.1) is 8.07 Å². The third-order valence-corrected chi connectivity index (χ3v) is 4.44. The van der Waals surface area contributed by atoms with Crippen LogP contribution in [0, 0.1) is 0 Å². The second-order valence-electron chi connectivity index (χ2n) is 6.29. The number of rotatable bonds is 3. The summed E-state index contributed by atoms with van der Waals surface area (Å²) in [4.78, 5) is 14.7. The molecular formula is C16H23NOSi. The van der Waals surface area contributed by atoms with Gasteiger partial charge in [0.25, 0.3) is 5.91 Å². The number of likely N-dealkylation sites (tertiary alicyclic amines) is 1. The molecule has 2 rings (SSSR count). The Kier molecular flexibility index (Phi) is 4.25. The molecule has 19 heavy (non-hydrogen) atoms. The Morgan fingerprint density at radius 1 is 1.11 bits per heavy atom. The van der Waals surface area contributed by atoms with E-state index in [2.05, 4.69) is 25.3 Å². The fourth-order valence-electron chi connectivity index (χ4n) is 2.41. The molecule has 1 saturated heterocycles. The van der Waals surface area contributed by atoms with Crippen LogP contribution in [0.4, 0.5) is 0 Å². The molecule has 1 heterocycles. The number of hydrogen-bond donors (Lipinski definition) is 0. The van der Waals surface area contributed by atoms with Gasteiger partial charge in [0.15, 0.2) is 0 Å². The Hall–Kier alpha value is -1.35. The molecule has 2 nitrogen and oxygen atoms in total. The van der Waals surface area contributed by atoms with Crippen LogP contribution in [0.5, 0.6) is 0 Å². The van der Waals surface area contributed by atoms with Gasteiger partial charge in [-0.2, -0.15) is 0 Å². The zero-order valence-corrected chi connectivity index (χ0v) is 13.1. The van der Waals surface area contributed by atoms with E-state index in [1.165, 1.54) is 0 Å². The third kappa shape index (κ3) is 3.80. The maximum absolute atomic E-state index is 12.7. The number of carbonyl (C=O) groups is 1. The van der Waals surface area contributed by atoms with Crippen molar-refractivity contribution in [2.45, 2.75) is 32.5 Å². The molecule has 0 spiro atoms. The number of carbonyl (C=O) groups excluding carboxylic acids is 1. The van der Waals surface area contributed by atoms with Crippen molar-refractivity contribution in [3.05, 3.63) is 41.6 Å². The largest absolute Gasteiger partial charge is 0.339 e. The molecule has 1 aliphatic heterocycles. The van der Waals surface area contributed by atoms with Crippen LogP contribution in [0.15, 0.2) is 36.0 Å². The minimum Gasteiger partial charge on any atom is -0.339 e. The van der Waals surface area contributed by atoms with Gasteiger partial charge in [-0.1, -0.05) is 55.7 Å². The summed E-state index contributed by atoms with van der Waals surface area (Å²) in [6.45, 7) is 8.64. The van der Waals surface area contributed by atoms with Gasteiger partial charge in [-0.3, -0.25) is 4.79 Å². The van der Waals surface area contributed by atoms with E-state index in [0.29, 0.717) is 0 Å². The maximum atomic E-state index is 12.7. The molecule has 1 amide bonds. The Bertz CT molecular complexity index is 467. The Morgan fingerprint density at radius 3 is 2.21 bits per heavy atom. The average Bonchev–Trinajstić information content (AvgIpc) is 2.89. The zero-order chi connectivity index (χ0) is 13.9.